The fraction of sp³-hybridized carbons (Fsp3) is 0.261. The van der Waals surface area contributed by atoms with E-state index in [9.17, 15) is 13.2 Å². The average molecular weight is 530 g/mol. The number of halogens is 4. The summed E-state index contributed by atoms with van der Waals surface area (Å²) in [6.07, 6.45) is -1.09. The molecule has 0 aliphatic carbocycles. The van der Waals surface area contributed by atoms with Gasteiger partial charge in [-0.2, -0.15) is 10.5 Å². The van der Waals surface area contributed by atoms with Crippen LogP contribution in [0.25, 0.3) is 5.70 Å². The number of hydrogen-bond acceptors (Lipinski definition) is 5. The summed E-state index contributed by atoms with van der Waals surface area (Å²) in [6, 6.07) is 8.24. The Labute approximate surface area is 208 Å². The second-order valence-corrected chi connectivity index (χ2v) is 11.6. The van der Waals surface area contributed by atoms with Gasteiger partial charge in [0.25, 0.3) is 6.43 Å². The number of nitrogens with zero attached hydrogens (tertiary/aromatic N) is 3. The maximum atomic E-state index is 13.8. The number of anilines is 1. The van der Waals surface area contributed by atoms with Gasteiger partial charge >= 0.3 is 0 Å². The van der Waals surface area contributed by atoms with Gasteiger partial charge in [0.05, 0.1) is 28.7 Å². The van der Waals surface area contributed by atoms with Crippen LogP contribution in [0.3, 0.4) is 0 Å². The van der Waals surface area contributed by atoms with Crippen LogP contribution < -0.4 is 15.2 Å². The van der Waals surface area contributed by atoms with Gasteiger partial charge < -0.3 is 9.73 Å². The van der Waals surface area contributed by atoms with Crippen LogP contribution in [0.15, 0.2) is 55.4 Å². The molecule has 3 rings (SSSR count). The van der Waals surface area contributed by atoms with Gasteiger partial charge in [0.1, 0.15) is 5.82 Å². The number of alkyl halides is 2. The summed E-state index contributed by atoms with van der Waals surface area (Å²) in [5, 5.41) is 0.0426. The number of aromatic nitrogens is 1. The molecule has 1 aliphatic rings. The molecule has 0 saturated carbocycles. The highest BCUT2D eigenvalue weighted by Gasteiger charge is 2.21. The summed E-state index contributed by atoms with van der Waals surface area (Å²) < 4.78 is 43.3. The van der Waals surface area contributed by atoms with Crippen LogP contribution in [0.4, 0.5) is 18.9 Å². The highest BCUT2D eigenvalue weighted by Crippen LogP contribution is 2.35. The normalized spacial score (nSPS) is 15.7. The number of nitrogens with one attached hydrogen (secondary N) is 2. The van der Waals surface area contributed by atoms with E-state index >= 15 is 0 Å². The van der Waals surface area contributed by atoms with Crippen molar-refractivity contribution in [1.82, 2.24) is 20.1 Å². The number of benzene rings is 1. The second kappa shape index (κ2) is 11.9. The fourth-order valence-electron chi connectivity index (χ4n) is 3.08. The van der Waals surface area contributed by atoms with E-state index < -0.39 is 28.8 Å². The summed E-state index contributed by atoms with van der Waals surface area (Å²) in [5.74, 6) is 10.1. The van der Waals surface area contributed by atoms with Gasteiger partial charge in [0.2, 0.25) is 0 Å². The molecule has 184 valence electrons. The van der Waals surface area contributed by atoms with Crippen molar-refractivity contribution >= 4 is 56.1 Å². The largest absolute Gasteiger partial charge is 0.304 e. The summed E-state index contributed by atoms with van der Waals surface area (Å²) >= 11 is 6.07. The Morgan fingerprint density at radius 3 is 2.50 bits per heavy atom. The number of rotatable bonds is 10. The minimum absolute atomic E-state index is 0.0426. The van der Waals surface area contributed by atoms with E-state index in [1.165, 1.54) is 6.07 Å². The van der Waals surface area contributed by atoms with E-state index in [-0.39, 0.29) is 15.5 Å². The van der Waals surface area contributed by atoms with E-state index in [1.807, 2.05) is 6.07 Å². The lowest BCUT2D eigenvalue weighted by molar-refractivity contribution is 0.179. The molecular formula is C23H27ClF3N5S2. The minimum Gasteiger partial charge on any atom is -0.304 e. The lowest BCUT2D eigenvalue weighted by Crippen LogP contribution is -2.34. The topological polar surface area (TPSA) is 43.4 Å². The SMILES string of the molecule is C=C(NNC(=C)C(F)F)c1ccc(CN(c2ccc(F)c(Cl)c2)S(=C)N2CCS(=C)CC2)nc1. The molecule has 34 heavy (non-hydrogen) atoms. The van der Waals surface area contributed by atoms with E-state index in [0.717, 1.165) is 36.0 Å². The predicted octanol–water partition coefficient (Wildman–Crippen LogP) is 5.27. The molecule has 1 fully saturated rings. The molecule has 1 atom stereocenters. The quantitative estimate of drug-likeness (QED) is 0.324. The predicted molar refractivity (Wildman–Crippen MR) is 143 cm³/mol. The van der Waals surface area contributed by atoms with Crippen molar-refractivity contribution in [3.63, 3.8) is 0 Å². The van der Waals surface area contributed by atoms with Gasteiger partial charge in [-0.05, 0) is 47.1 Å². The van der Waals surface area contributed by atoms with E-state index in [2.05, 4.69) is 49.3 Å². The Hall–Kier alpha value is -2.27. The molecule has 0 amide bonds. The first-order chi connectivity index (χ1) is 16.2. The molecule has 11 heteroatoms. The van der Waals surface area contributed by atoms with Crippen LogP contribution in [-0.2, 0) is 6.54 Å². The fourth-order valence-corrected chi connectivity index (χ4v) is 6.17. The Kier molecular flexibility index (Phi) is 9.24. The number of pyridine rings is 1. The molecule has 1 aromatic carbocycles. The van der Waals surface area contributed by atoms with Crippen molar-refractivity contribution in [2.75, 3.05) is 28.9 Å². The van der Waals surface area contributed by atoms with Gasteiger partial charge in [-0.3, -0.25) is 10.4 Å². The molecule has 0 radical (unpaired) electrons. The summed E-state index contributed by atoms with van der Waals surface area (Å²) in [7, 11) is -0.379. The smallest absolute Gasteiger partial charge is 0.279 e. The van der Waals surface area contributed by atoms with Crippen molar-refractivity contribution in [3.05, 3.63) is 77.5 Å². The van der Waals surface area contributed by atoms with E-state index in [4.69, 9.17) is 11.6 Å². The van der Waals surface area contributed by atoms with Crippen LogP contribution in [0.2, 0.25) is 5.02 Å². The Balaban J connectivity index is 1.77. The van der Waals surface area contributed by atoms with Crippen LogP contribution in [0, 0.1) is 5.82 Å². The monoisotopic (exact) mass is 529 g/mol. The zero-order valence-corrected chi connectivity index (χ0v) is 21.0. The molecule has 1 aromatic heterocycles. The van der Waals surface area contributed by atoms with E-state index in [1.54, 1.807) is 24.4 Å². The maximum absolute atomic E-state index is 13.8. The molecule has 2 heterocycles. The first kappa shape index (κ1) is 26.3. The summed E-state index contributed by atoms with van der Waals surface area (Å²) in [5.41, 5.74) is 6.96. The number of allylic oxidation sites excluding steroid dienone is 1. The van der Waals surface area contributed by atoms with Crippen LogP contribution >= 0.6 is 32.9 Å². The second-order valence-electron chi connectivity index (χ2n) is 7.52. The van der Waals surface area contributed by atoms with Crippen molar-refractivity contribution in [2.45, 2.75) is 13.0 Å². The van der Waals surface area contributed by atoms with Gasteiger partial charge in [-0.25, -0.2) is 17.5 Å². The molecule has 1 saturated heterocycles. The maximum Gasteiger partial charge on any atom is 0.279 e. The minimum atomic E-state index is -2.69. The highest BCUT2D eigenvalue weighted by molar-refractivity contribution is 8.15. The number of hydrogen-bond donors (Lipinski definition) is 2. The van der Waals surface area contributed by atoms with Gasteiger partial charge in [0.15, 0.2) is 0 Å². The Bertz CT molecular complexity index is 1080. The third kappa shape index (κ3) is 6.88. The highest BCUT2D eigenvalue weighted by atomic mass is 35.5. The molecule has 5 nitrogen and oxygen atoms in total. The van der Waals surface area contributed by atoms with Crippen molar-refractivity contribution in [3.8, 4) is 0 Å². The third-order valence-corrected chi connectivity index (χ3v) is 8.74. The number of hydrazine groups is 1. The molecule has 0 spiro atoms. The average Bonchev–Trinajstić information content (AvgIpc) is 2.83. The summed E-state index contributed by atoms with van der Waals surface area (Å²) in [4.78, 5) is 4.51. The lowest BCUT2D eigenvalue weighted by Gasteiger charge is -2.37. The van der Waals surface area contributed by atoms with Crippen molar-refractivity contribution < 1.29 is 13.2 Å². The standard InChI is InChI=1S/C23H27ClF3N5S2/c1-16(29-30-17(2)23(26)27)18-5-6-19(28-14-18)15-32(20-7-8-22(25)21(24)13-20)34(4)31-9-11-33(3)12-10-31/h5-8,13-14,23,29-30H,1-4,9-12,15H2. The van der Waals surface area contributed by atoms with Crippen LogP contribution in [0.1, 0.15) is 11.3 Å². The van der Waals surface area contributed by atoms with Crippen molar-refractivity contribution in [2.24, 2.45) is 0 Å². The zero-order chi connectivity index (χ0) is 24.8. The van der Waals surface area contributed by atoms with Gasteiger partial charge in [-0.15, -0.1) is 0 Å². The molecule has 2 aromatic rings. The molecule has 1 aliphatic heterocycles. The lowest BCUT2D eigenvalue weighted by atomic mass is 10.2. The third-order valence-electron chi connectivity index (χ3n) is 5.12. The first-order valence-corrected chi connectivity index (χ1v) is 13.7. The zero-order valence-electron chi connectivity index (χ0n) is 18.6. The van der Waals surface area contributed by atoms with E-state index in [0.29, 0.717) is 17.8 Å². The van der Waals surface area contributed by atoms with Crippen molar-refractivity contribution in [1.29, 1.82) is 0 Å². The molecule has 1 unspecified atom stereocenters. The molecule has 0 bridgehead atoms. The summed E-state index contributed by atoms with van der Waals surface area (Å²) in [6.45, 7) is 9.26. The van der Waals surface area contributed by atoms with Crippen LogP contribution in [-0.4, -0.2) is 52.1 Å². The molecular weight excluding hydrogens is 503 g/mol. The Morgan fingerprint density at radius 2 is 1.91 bits per heavy atom. The van der Waals surface area contributed by atoms with Crippen LogP contribution in [0.5, 0.6) is 0 Å². The first-order valence-electron chi connectivity index (χ1n) is 10.3. The molecule has 2 N–H and O–H groups in total. The van der Waals surface area contributed by atoms with Gasteiger partial charge in [0, 0.05) is 42.0 Å². The van der Waals surface area contributed by atoms with Gasteiger partial charge in [-0.1, -0.05) is 30.6 Å². The Morgan fingerprint density at radius 1 is 1.21 bits per heavy atom.